The van der Waals surface area contributed by atoms with Crippen molar-refractivity contribution in [3.63, 3.8) is 0 Å². The second kappa shape index (κ2) is 11.0. The molecule has 188 valence electrons. The van der Waals surface area contributed by atoms with Crippen LogP contribution in [0.3, 0.4) is 0 Å². The zero-order chi connectivity index (χ0) is 25.9. The lowest BCUT2D eigenvalue weighted by Crippen LogP contribution is -2.43. The van der Waals surface area contributed by atoms with Crippen LogP contribution >= 0.6 is 23.2 Å². The molecule has 1 atom stereocenters. The van der Waals surface area contributed by atoms with E-state index in [0.717, 1.165) is 0 Å². The molecular formula is C26H24Cl2N2O5S. The summed E-state index contributed by atoms with van der Waals surface area (Å²) in [6, 6.07) is 17.6. The quantitative estimate of drug-likeness (QED) is 0.407. The summed E-state index contributed by atoms with van der Waals surface area (Å²) in [7, 11) is -2.42. The van der Waals surface area contributed by atoms with Crippen molar-refractivity contribution in [2.45, 2.75) is 17.7 Å². The molecule has 1 N–H and O–H groups in total. The summed E-state index contributed by atoms with van der Waals surface area (Å²) in [5.41, 5.74) is 1.04. The van der Waals surface area contributed by atoms with E-state index in [1.54, 1.807) is 42.5 Å². The van der Waals surface area contributed by atoms with Crippen molar-refractivity contribution < 1.29 is 22.7 Å². The molecule has 0 saturated carbocycles. The number of nitrogens with zero attached hydrogens (tertiary/aromatic N) is 1. The highest BCUT2D eigenvalue weighted by Gasteiger charge is 2.34. The summed E-state index contributed by atoms with van der Waals surface area (Å²) in [6.07, 6.45) is 1.02. The maximum Gasteiger partial charge on any atom is 0.243 e. The van der Waals surface area contributed by atoms with Crippen LogP contribution in [0.2, 0.25) is 10.0 Å². The van der Waals surface area contributed by atoms with E-state index in [4.69, 9.17) is 27.9 Å². The number of benzene rings is 3. The fourth-order valence-corrected chi connectivity index (χ4v) is 6.17. The van der Waals surface area contributed by atoms with Crippen LogP contribution in [0.5, 0.6) is 5.75 Å². The molecule has 3 aromatic rings. The van der Waals surface area contributed by atoms with Crippen molar-refractivity contribution in [2.75, 3.05) is 25.5 Å². The van der Waals surface area contributed by atoms with Crippen molar-refractivity contribution in [3.05, 3.63) is 87.9 Å². The first-order valence-electron chi connectivity index (χ1n) is 11.2. The van der Waals surface area contributed by atoms with Crippen molar-refractivity contribution in [1.82, 2.24) is 4.31 Å². The second-order valence-electron chi connectivity index (χ2n) is 8.37. The number of piperidine rings is 1. The molecule has 0 spiro atoms. The summed E-state index contributed by atoms with van der Waals surface area (Å²) in [5, 5.41) is 3.36. The minimum absolute atomic E-state index is 0.00731. The first-order valence-corrected chi connectivity index (χ1v) is 13.4. The van der Waals surface area contributed by atoms with Gasteiger partial charge in [0.2, 0.25) is 15.9 Å². The molecule has 0 aromatic heterocycles. The molecule has 1 fully saturated rings. The number of ether oxygens (including phenoxy) is 1. The summed E-state index contributed by atoms with van der Waals surface area (Å²) >= 11 is 12.3. The first kappa shape index (κ1) is 26.2. The van der Waals surface area contributed by atoms with Crippen molar-refractivity contribution in [3.8, 4) is 5.75 Å². The predicted octanol–water partition coefficient (Wildman–Crippen LogP) is 5.27. The summed E-state index contributed by atoms with van der Waals surface area (Å²) < 4.78 is 32.9. The number of ketones is 1. The Hall–Kier alpha value is -2.91. The lowest BCUT2D eigenvalue weighted by molar-refractivity contribution is -0.120. The zero-order valence-corrected chi connectivity index (χ0v) is 21.7. The van der Waals surface area contributed by atoms with Crippen LogP contribution in [-0.4, -0.2) is 44.6 Å². The first-order chi connectivity index (χ1) is 17.2. The Balaban J connectivity index is 1.53. The monoisotopic (exact) mass is 546 g/mol. The van der Waals surface area contributed by atoms with Crippen LogP contribution < -0.4 is 10.1 Å². The van der Waals surface area contributed by atoms with Gasteiger partial charge in [0, 0.05) is 29.2 Å². The number of nitrogens with one attached hydrogen (secondary N) is 1. The van der Waals surface area contributed by atoms with E-state index >= 15 is 0 Å². The minimum Gasteiger partial charge on any atom is -0.495 e. The number of anilines is 1. The van der Waals surface area contributed by atoms with Gasteiger partial charge in [-0.25, -0.2) is 8.42 Å². The van der Waals surface area contributed by atoms with E-state index in [9.17, 15) is 18.0 Å². The van der Waals surface area contributed by atoms with Crippen LogP contribution in [0.25, 0.3) is 0 Å². The van der Waals surface area contributed by atoms with Crippen molar-refractivity contribution in [1.29, 1.82) is 0 Å². The Kier molecular flexibility index (Phi) is 8.00. The Morgan fingerprint density at radius 2 is 1.78 bits per heavy atom. The number of amides is 1. The number of hydrogen-bond donors (Lipinski definition) is 1. The molecule has 1 aliphatic heterocycles. The largest absolute Gasteiger partial charge is 0.495 e. The van der Waals surface area contributed by atoms with Gasteiger partial charge >= 0.3 is 0 Å². The fraction of sp³-hybridized carbons (Fsp3) is 0.231. The molecule has 4 rings (SSSR count). The SMILES string of the molecule is COc1ccc(S(=O)(=O)N2CCC[C@H](C(=O)Nc3ccc(Cl)cc3C(=O)c3ccccc3)C2)cc1Cl. The number of methoxy groups -OCH3 is 1. The Bertz CT molecular complexity index is 1400. The lowest BCUT2D eigenvalue weighted by atomic mass is 9.97. The summed E-state index contributed by atoms with van der Waals surface area (Å²) in [6.45, 7) is 0.293. The van der Waals surface area contributed by atoms with Crippen molar-refractivity contribution >= 4 is 50.6 Å². The fourth-order valence-electron chi connectivity index (χ4n) is 4.12. The maximum absolute atomic E-state index is 13.2. The molecule has 0 radical (unpaired) electrons. The molecule has 1 saturated heterocycles. The van der Waals surface area contributed by atoms with E-state index in [-0.39, 0.29) is 40.3 Å². The summed E-state index contributed by atoms with van der Waals surface area (Å²) in [4.78, 5) is 26.3. The maximum atomic E-state index is 13.2. The molecule has 0 bridgehead atoms. The Labute approximate surface area is 220 Å². The highest BCUT2D eigenvalue weighted by Crippen LogP contribution is 2.31. The molecule has 0 aliphatic carbocycles. The van der Waals surface area contributed by atoms with Gasteiger partial charge in [-0.1, -0.05) is 53.5 Å². The zero-order valence-electron chi connectivity index (χ0n) is 19.4. The molecule has 1 heterocycles. The van der Waals surface area contributed by atoms with Gasteiger partial charge in [0.25, 0.3) is 0 Å². The third-order valence-electron chi connectivity index (χ3n) is 6.04. The highest BCUT2D eigenvalue weighted by atomic mass is 35.5. The predicted molar refractivity (Wildman–Crippen MR) is 139 cm³/mol. The number of carbonyl (C=O) groups excluding carboxylic acids is 2. The van der Waals surface area contributed by atoms with Gasteiger partial charge in [-0.15, -0.1) is 0 Å². The van der Waals surface area contributed by atoms with E-state index in [1.807, 2.05) is 0 Å². The molecule has 1 amide bonds. The van der Waals surface area contributed by atoms with Gasteiger partial charge in [-0.2, -0.15) is 4.31 Å². The smallest absolute Gasteiger partial charge is 0.243 e. The van der Waals surface area contributed by atoms with Gasteiger partial charge in [0.05, 0.1) is 28.6 Å². The second-order valence-corrected chi connectivity index (χ2v) is 11.2. The third-order valence-corrected chi connectivity index (χ3v) is 8.43. The highest BCUT2D eigenvalue weighted by molar-refractivity contribution is 7.89. The third kappa shape index (κ3) is 5.57. The number of rotatable bonds is 7. The van der Waals surface area contributed by atoms with E-state index in [2.05, 4.69) is 5.32 Å². The molecule has 36 heavy (non-hydrogen) atoms. The minimum atomic E-state index is -3.87. The van der Waals surface area contributed by atoms with Crippen LogP contribution in [0, 0.1) is 5.92 Å². The number of hydrogen-bond acceptors (Lipinski definition) is 5. The Morgan fingerprint density at radius 1 is 1.03 bits per heavy atom. The number of carbonyl (C=O) groups is 2. The van der Waals surface area contributed by atoms with Crippen LogP contribution in [0.4, 0.5) is 5.69 Å². The van der Waals surface area contributed by atoms with Gasteiger partial charge < -0.3 is 10.1 Å². The standard InChI is InChI=1S/C26H24Cl2N2O5S/c1-35-24-12-10-20(15-22(24)28)36(33,34)30-13-5-8-18(16-30)26(32)29-23-11-9-19(27)14-21(23)25(31)17-6-3-2-4-7-17/h2-4,6-7,9-12,14-15,18H,5,8,13,16H2,1H3,(H,29,32)/t18-/m0/s1. The normalized spacial score (nSPS) is 16.4. The number of sulfonamides is 1. The molecular weight excluding hydrogens is 523 g/mol. The molecule has 1 aliphatic rings. The van der Waals surface area contributed by atoms with Gasteiger partial charge in [0.1, 0.15) is 5.75 Å². The topological polar surface area (TPSA) is 92.8 Å². The van der Waals surface area contributed by atoms with Gasteiger partial charge in [-0.3, -0.25) is 9.59 Å². The van der Waals surface area contributed by atoms with Gasteiger partial charge in [0.15, 0.2) is 5.78 Å². The van der Waals surface area contributed by atoms with Gasteiger partial charge in [-0.05, 0) is 49.2 Å². The van der Waals surface area contributed by atoms with E-state index < -0.39 is 15.9 Å². The lowest BCUT2D eigenvalue weighted by Gasteiger charge is -2.31. The Morgan fingerprint density at radius 3 is 2.47 bits per heavy atom. The molecule has 3 aromatic carbocycles. The average molecular weight is 547 g/mol. The van der Waals surface area contributed by atoms with Crippen molar-refractivity contribution in [2.24, 2.45) is 5.92 Å². The summed E-state index contributed by atoms with van der Waals surface area (Å²) in [5.74, 6) is -0.877. The van der Waals surface area contributed by atoms with Crippen LogP contribution in [-0.2, 0) is 14.8 Å². The van der Waals surface area contributed by atoms with Crippen LogP contribution in [0.1, 0.15) is 28.8 Å². The average Bonchev–Trinajstić information content (AvgIpc) is 2.89. The molecule has 10 heteroatoms. The molecule has 7 nitrogen and oxygen atoms in total. The molecule has 0 unspecified atom stereocenters. The van der Waals surface area contributed by atoms with E-state index in [1.165, 1.54) is 35.7 Å². The van der Waals surface area contributed by atoms with Crippen LogP contribution in [0.15, 0.2) is 71.6 Å². The number of halogens is 2. The van der Waals surface area contributed by atoms with E-state index in [0.29, 0.717) is 34.9 Å².